The van der Waals surface area contributed by atoms with Gasteiger partial charge in [-0.05, 0) is 79.1 Å². The highest BCUT2D eigenvalue weighted by atomic mass is 19.1. The molecule has 0 aliphatic carbocycles. The van der Waals surface area contributed by atoms with Crippen LogP contribution >= 0.6 is 0 Å². The molecule has 0 aliphatic rings. The van der Waals surface area contributed by atoms with Gasteiger partial charge in [0.15, 0.2) is 11.6 Å². The molecular formula is C24H21FN2O3. The van der Waals surface area contributed by atoms with Crippen molar-refractivity contribution >= 4 is 11.6 Å². The molecule has 0 aromatic heterocycles. The fraction of sp³-hybridized carbons (Fsp3) is 0.167. The van der Waals surface area contributed by atoms with E-state index in [0.29, 0.717) is 29.2 Å². The molecule has 0 atom stereocenters. The van der Waals surface area contributed by atoms with Gasteiger partial charge in [-0.1, -0.05) is 6.07 Å². The zero-order valence-corrected chi connectivity index (χ0v) is 16.7. The van der Waals surface area contributed by atoms with E-state index in [1.165, 1.54) is 13.2 Å². The molecule has 152 valence electrons. The average molecular weight is 404 g/mol. The Morgan fingerprint density at radius 1 is 1.07 bits per heavy atom. The van der Waals surface area contributed by atoms with E-state index < -0.39 is 5.82 Å². The second kappa shape index (κ2) is 9.57. The molecular weight excluding hydrogens is 383 g/mol. The van der Waals surface area contributed by atoms with Crippen LogP contribution in [0.2, 0.25) is 0 Å². The molecule has 0 fully saturated rings. The number of nitrogens with zero attached hydrogens (tertiary/aromatic N) is 1. The zero-order chi connectivity index (χ0) is 21.5. The van der Waals surface area contributed by atoms with Crippen LogP contribution in [0.1, 0.15) is 23.1 Å². The highest BCUT2D eigenvalue weighted by Gasteiger charge is 2.09. The second-order valence-electron chi connectivity index (χ2n) is 6.73. The van der Waals surface area contributed by atoms with Gasteiger partial charge in [0.25, 0.3) is 0 Å². The maximum Gasteiger partial charge on any atom is 0.224 e. The lowest BCUT2D eigenvalue weighted by Gasteiger charge is -2.11. The minimum absolute atomic E-state index is 0.157. The molecule has 0 heterocycles. The van der Waals surface area contributed by atoms with Crippen LogP contribution < -0.4 is 14.8 Å². The number of halogens is 1. The van der Waals surface area contributed by atoms with Gasteiger partial charge in [0, 0.05) is 12.1 Å². The summed E-state index contributed by atoms with van der Waals surface area (Å²) in [5, 5.41) is 11.7. The van der Waals surface area contributed by atoms with E-state index in [1.54, 1.807) is 48.5 Å². The van der Waals surface area contributed by atoms with Crippen LogP contribution in [0.3, 0.4) is 0 Å². The molecule has 3 aromatic rings. The van der Waals surface area contributed by atoms with Gasteiger partial charge in [-0.2, -0.15) is 5.26 Å². The van der Waals surface area contributed by atoms with E-state index in [0.717, 1.165) is 11.1 Å². The van der Waals surface area contributed by atoms with E-state index in [2.05, 4.69) is 11.4 Å². The molecule has 0 aliphatic heterocycles. The Hall–Kier alpha value is -3.85. The number of hydrogen-bond acceptors (Lipinski definition) is 4. The Bertz CT molecular complexity index is 1090. The van der Waals surface area contributed by atoms with Crippen LogP contribution in [-0.4, -0.2) is 13.0 Å². The van der Waals surface area contributed by atoms with Gasteiger partial charge in [0.05, 0.1) is 18.7 Å². The predicted molar refractivity (Wildman–Crippen MR) is 112 cm³/mol. The third-order valence-corrected chi connectivity index (χ3v) is 4.55. The van der Waals surface area contributed by atoms with Crippen molar-refractivity contribution in [2.75, 3.05) is 12.4 Å². The van der Waals surface area contributed by atoms with Crippen LogP contribution in [0, 0.1) is 24.1 Å². The summed E-state index contributed by atoms with van der Waals surface area (Å²) in [6.07, 6.45) is 0.653. The number of aryl methyl sites for hydroxylation is 2. The van der Waals surface area contributed by atoms with E-state index in [9.17, 15) is 9.18 Å². The Morgan fingerprint density at radius 3 is 2.43 bits per heavy atom. The monoisotopic (exact) mass is 404 g/mol. The third kappa shape index (κ3) is 5.36. The fourth-order valence-corrected chi connectivity index (χ4v) is 2.91. The minimum Gasteiger partial charge on any atom is -0.494 e. The lowest BCUT2D eigenvalue weighted by atomic mass is 10.1. The number of nitriles is 1. The maximum atomic E-state index is 13.8. The molecule has 0 bridgehead atoms. The van der Waals surface area contributed by atoms with Gasteiger partial charge in [0.1, 0.15) is 11.5 Å². The standard InChI is InChI=1S/C24H21FN2O3/c1-16-13-20(30-19-7-3-18(15-26)4-8-19)9-10-22(16)27-24(28)12-6-17-5-11-23(29-2)21(25)14-17/h3-5,7-11,13-14H,6,12H2,1-2H3,(H,27,28). The number of carbonyl (C=O) groups is 1. The number of ether oxygens (including phenoxy) is 2. The quantitative estimate of drug-likeness (QED) is 0.574. The predicted octanol–water partition coefficient (Wildman–Crippen LogP) is 5.38. The summed E-state index contributed by atoms with van der Waals surface area (Å²) in [6, 6.07) is 18.9. The highest BCUT2D eigenvalue weighted by Crippen LogP contribution is 2.26. The zero-order valence-electron chi connectivity index (χ0n) is 16.7. The molecule has 1 amide bonds. The number of anilines is 1. The first kappa shape index (κ1) is 20.9. The van der Waals surface area contributed by atoms with Crippen molar-refractivity contribution in [3.63, 3.8) is 0 Å². The lowest BCUT2D eigenvalue weighted by Crippen LogP contribution is -2.13. The molecule has 0 radical (unpaired) electrons. The molecule has 0 spiro atoms. The van der Waals surface area contributed by atoms with Crippen LogP contribution in [0.5, 0.6) is 17.2 Å². The fourth-order valence-electron chi connectivity index (χ4n) is 2.91. The summed E-state index contributed by atoms with van der Waals surface area (Å²) in [4.78, 5) is 12.3. The van der Waals surface area contributed by atoms with Crippen molar-refractivity contribution in [3.8, 4) is 23.3 Å². The number of hydrogen-bond donors (Lipinski definition) is 1. The molecule has 3 rings (SSSR count). The second-order valence-corrected chi connectivity index (χ2v) is 6.73. The largest absolute Gasteiger partial charge is 0.494 e. The number of methoxy groups -OCH3 is 1. The SMILES string of the molecule is COc1ccc(CCC(=O)Nc2ccc(Oc3ccc(C#N)cc3)cc2C)cc1F. The Kier molecular flexibility index (Phi) is 6.66. The molecule has 0 unspecified atom stereocenters. The van der Waals surface area contributed by atoms with Crippen molar-refractivity contribution in [3.05, 3.63) is 83.2 Å². The van der Waals surface area contributed by atoms with Crippen molar-refractivity contribution in [1.82, 2.24) is 0 Å². The highest BCUT2D eigenvalue weighted by molar-refractivity contribution is 5.91. The summed E-state index contributed by atoms with van der Waals surface area (Å²) in [5.41, 5.74) is 2.83. The lowest BCUT2D eigenvalue weighted by molar-refractivity contribution is -0.116. The smallest absolute Gasteiger partial charge is 0.224 e. The molecule has 5 nitrogen and oxygen atoms in total. The number of benzene rings is 3. The van der Waals surface area contributed by atoms with Crippen LogP contribution in [0.15, 0.2) is 60.7 Å². The molecule has 1 N–H and O–H groups in total. The summed E-state index contributed by atoms with van der Waals surface area (Å²) < 4.78 is 24.4. The van der Waals surface area contributed by atoms with Gasteiger partial charge in [0.2, 0.25) is 5.91 Å². The average Bonchev–Trinajstić information content (AvgIpc) is 2.75. The third-order valence-electron chi connectivity index (χ3n) is 4.55. The molecule has 6 heteroatoms. The van der Waals surface area contributed by atoms with E-state index >= 15 is 0 Å². The molecule has 30 heavy (non-hydrogen) atoms. The minimum atomic E-state index is -0.441. The number of carbonyl (C=O) groups excluding carboxylic acids is 1. The molecule has 0 saturated heterocycles. The summed E-state index contributed by atoms with van der Waals surface area (Å²) in [7, 11) is 1.41. The van der Waals surface area contributed by atoms with Crippen LogP contribution in [-0.2, 0) is 11.2 Å². The molecule has 0 saturated carbocycles. The number of nitrogens with one attached hydrogen (secondary N) is 1. The van der Waals surface area contributed by atoms with Gasteiger partial charge in [-0.3, -0.25) is 4.79 Å². The van der Waals surface area contributed by atoms with E-state index in [1.807, 2.05) is 13.0 Å². The Balaban J connectivity index is 1.57. The van der Waals surface area contributed by atoms with Gasteiger partial charge in [-0.25, -0.2) is 4.39 Å². The summed E-state index contributed by atoms with van der Waals surface area (Å²) in [5.74, 6) is 0.835. The van der Waals surface area contributed by atoms with Crippen molar-refractivity contribution in [2.24, 2.45) is 0 Å². The van der Waals surface area contributed by atoms with Crippen LogP contribution in [0.25, 0.3) is 0 Å². The van der Waals surface area contributed by atoms with Gasteiger partial charge in [-0.15, -0.1) is 0 Å². The normalized spacial score (nSPS) is 10.2. The Morgan fingerprint density at radius 2 is 1.80 bits per heavy atom. The van der Waals surface area contributed by atoms with Gasteiger partial charge >= 0.3 is 0 Å². The maximum absolute atomic E-state index is 13.8. The summed E-state index contributed by atoms with van der Waals surface area (Å²) in [6.45, 7) is 1.88. The Labute approximate surface area is 174 Å². The first-order chi connectivity index (χ1) is 14.5. The van der Waals surface area contributed by atoms with Crippen molar-refractivity contribution < 1.29 is 18.7 Å². The van der Waals surface area contributed by atoms with Crippen LogP contribution in [0.4, 0.5) is 10.1 Å². The number of amides is 1. The number of rotatable bonds is 7. The topological polar surface area (TPSA) is 71.3 Å². The van der Waals surface area contributed by atoms with E-state index in [4.69, 9.17) is 14.7 Å². The molecule has 3 aromatic carbocycles. The van der Waals surface area contributed by atoms with Crippen molar-refractivity contribution in [1.29, 1.82) is 5.26 Å². The van der Waals surface area contributed by atoms with Gasteiger partial charge < -0.3 is 14.8 Å². The first-order valence-corrected chi connectivity index (χ1v) is 9.39. The summed E-state index contributed by atoms with van der Waals surface area (Å²) >= 11 is 0. The van der Waals surface area contributed by atoms with E-state index in [-0.39, 0.29) is 18.1 Å². The first-order valence-electron chi connectivity index (χ1n) is 9.39. The van der Waals surface area contributed by atoms with Crippen molar-refractivity contribution in [2.45, 2.75) is 19.8 Å².